The fourth-order valence-electron chi connectivity index (χ4n) is 2.49. The average Bonchev–Trinajstić information content (AvgIpc) is 2.49. The zero-order valence-electron chi connectivity index (χ0n) is 11.9. The number of hydrogen-bond donors (Lipinski definition) is 1. The van der Waals surface area contributed by atoms with Crippen molar-refractivity contribution in [1.82, 2.24) is 0 Å². The van der Waals surface area contributed by atoms with Gasteiger partial charge < -0.3 is 4.74 Å². The summed E-state index contributed by atoms with van der Waals surface area (Å²) in [5.41, 5.74) is 0.759. The standard InChI is InChI=1S/C15H30OS/c1-14(2,3)10-11-16-12-15(13-17)8-6-4-5-7-9-15/h17H,4-13H2,1-3H3. The Labute approximate surface area is 113 Å². The molecule has 1 aliphatic carbocycles. The monoisotopic (exact) mass is 258 g/mol. The lowest BCUT2D eigenvalue weighted by Crippen LogP contribution is -2.29. The van der Waals surface area contributed by atoms with E-state index >= 15 is 0 Å². The molecule has 0 aromatic heterocycles. The molecule has 1 fully saturated rings. The van der Waals surface area contributed by atoms with Crippen LogP contribution in [-0.4, -0.2) is 19.0 Å². The van der Waals surface area contributed by atoms with Crippen LogP contribution in [0.5, 0.6) is 0 Å². The molecule has 0 unspecified atom stereocenters. The lowest BCUT2D eigenvalue weighted by atomic mass is 9.83. The topological polar surface area (TPSA) is 9.23 Å². The van der Waals surface area contributed by atoms with Gasteiger partial charge in [-0.2, -0.15) is 12.6 Å². The molecule has 0 saturated heterocycles. The van der Waals surface area contributed by atoms with E-state index in [0.29, 0.717) is 10.8 Å². The highest BCUT2D eigenvalue weighted by atomic mass is 32.1. The minimum Gasteiger partial charge on any atom is -0.381 e. The van der Waals surface area contributed by atoms with Gasteiger partial charge in [0, 0.05) is 12.0 Å². The quantitative estimate of drug-likeness (QED) is 0.427. The minimum atomic E-state index is 0.373. The zero-order chi connectivity index (χ0) is 12.8. The van der Waals surface area contributed by atoms with Gasteiger partial charge in [-0.05, 0) is 30.4 Å². The summed E-state index contributed by atoms with van der Waals surface area (Å²) in [6.07, 6.45) is 9.30. The summed E-state index contributed by atoms with van der Waals surface area (Å²) in [4.78, 5) is 0. The van der Waals surface area contributed by atoms with Gasteiger partial charge in [0.25, 0.3) is 0 Å². The van der Waals surface area contributed by atoms with Crippen molar-refractivity contribution in [3.05, 3.63) is 0 Å². The first kappa shape index (κ1) is 15.4. The SMILES string of the molecule is CC(C)(C)CCOCC1(CS)CCCCCC1. The highest BCUT2D eigenvalue weighted by molar-refractivity contribution is 7.80. The molecule has 0 atom stereocenters. The van der Waals surface area contributed by atoms with Crippen molar-refractivity contribution in [3.63, 3.8) is 0 Å². The van der Waals surface area contributed by atoms with E-state index in [1.807, 2.05) is 0 Å². The van der Waals surface area contributed by atoms with E-state index in [9.17, 15) is 0 Å². The maximum Gasteiger partial charge on any atom is 0.0530 e. The molecule has 17 heavy (non-hydrogen) atoms. The summed E-state index contributed by atoms with van der Waals surface area (Å²) in [5, 5.41) is 0. The first-order valence-corrected chi connectivity index (χ1v) is 7.79. The molecule has 0 aromatic carbocycles. The molecule has 0 radical (unpaired) electrons. The molecule has 102 valence electrons. The molecule has 0 amide bonds. The molecular formula is C15H30OS. The first-order chi connectivity index (χ1) is 7.97. The third-order valence-corrected chi connectivity index (χ3v) is 4.58. The van der Waals surface area contributed by atoms with E-state index in [1.165, 1.54) is 38.5 Å². The van der Waals surface area contributed by atoms with Gasteiger partial charge in [-0.1, -0.05) is 46.5 Å². The molecule has 2 heteroatoms. The molecule has 0 bridgehead atoms. The summed E-state index contributed by atoms with van der Waals surface area (Å²) in [7, 11) is 0. The Balaban J connectivity index is 2.30. The van der Waals surface area contributed by atoms with Crippen molar-refractivity contribution >= 4 is 12.6 Å². The summed E-state index contributed by atoms with van der Waals surface area (Å²) in [6, 6.07) is 0. The Morgan fingerprint density at radius 2 is 1.65 bits per heavy atom. The van der Waals surface area contributed by atoms with E-state index in [4.69, 9.17) is 4.74 Å². The highest BCUT2D eigenvalue weighted by Gasteiger charge is 2.29. The van der Waals surface area contributed by atoms with Crippen LogP contribution in [0.25, 0.3) is 0 Å². The molecule has 1 nitrogen and oxygen atoms in total. The average molecular weight is 258 g/mol. The zero-order valence-corrected chi connectivity index (χ0v) is 12.8. The Bertz CT molecular complexity index is 199. The molecule has 0 N–H and O–H groups in total. The third-order valence-electron chi connectivity index (χ3n) is 3.90. The highest BCUT2D eigenvalue weighted by Crippen LogP contribution is 2.36. The van der Waals surface area contributed by atoms with Crippen molar-refractivity contribution in [2.45, 2.75) is 65.7 Å². The summed E-state index contributed by atoms with van der Waals surface area (Å²) in [6.45, 7) is 8.65. The second-order valence-corrected chi connectivity index (χ2v) is 7.25. The summed E-state index contributed by atoms with van der Waals surface area (Å²) in [5.74, 6) is 0.989. The van der Waals surface area contributed by atoms with Gasteiger partial charge in [-0.25, -0.2) is 0 Å². The van der Waals surface area contributed by atoms with Crippen molar-refractivity contribution < 1.29 is 4.74 Å². The van der Waals surface area contributed by atoms with Gasteiger partial charge in [0.2, 0.25) is 0 Å². The fourth-order valence-corrected chi connectivity index (χ4v) is 2.90. The van der Waals surface area contributed by atoms with Crippen molar-refractivity contribution in [1.29, 1.82) is 0 Å². The number of thiol groups is 1. The normalized spacial score (nSPS) is 21.2. The van der Waals surface area contributed by atoms with Crippen LogP contribution >= 0.6 is 12.6 Å². The van der Waals surface area contributed by atoms with Crippen molar-refractivity contribution in [2.24, 2.45) is 10.8 Å². The van der Waals surface area contributed by atoms with E-state index in [1.54, 1.807) is 0 Å². The predicted molar refractivity (Wildman–Crippen MR) is 78.9 cm³/mol. The van der Waals surface area contributed by atoms with Gasteiger partial charge in [0.15, 0.2) is 0 Å². The molecule has 0 aromatic rings. The second kappa shape index (κ2) is 7.04. The largest absolute Gasteiger partial charge is 0.381 e. The van der Waals surface area contributed by atoms with Crippen LogP contribution in [0.1, 0.15) is 65.7 Å². The molecule has 1 saturated carbocycles. The van der Waals surface area contributed by atoms with Crippen LogP contribution in [0, 0.1) is 10.8 Å². The fraction of sp³-hybridized carbons (Fsp3) is 1.00. The predicted octanol–water partition coefficient (Wildman–Crippen LogP) is 4.71. The van der Waals surface area contributed by atoms with Crippen LogP contribution < -0.4 is 0 Å². The summed E-state index contributed by atoms with van der Waals surface area (Å²) < 4.78 is 5.95. The lowest BCUT2D eigenvalue weighted by Gasteiger charge is -2.31. The number of rotatable bonds is 5. The van der Waals surface area contributed by atoms with E-state index in [0.717, 1.165) is 25.4 Å². The molecular weight excluding hydrogens is 228 g/mol. The smallest absolute Gasteiger partial charge is 0.0530 e. The molecule has 0 aliphatic heterocycles. The van der Waals surface area contributed by atoms with Gasteiger partial charge in [0.05, 0.1) is 6.61 Å². The van der Waals surface area contributed by atoms with Crippen LogP contribution in [-0.2, 0) is 4.74 Å². The Kier molecular flexibility index (Phi) is 6.36. The van der Waals surface area contributed by atoms with Gasteiger partial charge in [-0.3, -0.25) is 0 Å². The van der Waals surface area contributed by atoms with Crippen LogP contribution in [0.2, 0.25) is 0 Å². The summed E-state index contributed by atoms with van der Waals surface area (Å²) >= 11 is 4.58. The lowest BCUT2D eigenvalue weighted by molar-refractivity contribution is 0.0348. The van der Waals surface area contributed by atoms with Crippen LogP contribution in [0.4, 0.5) is 0 Å². The molecule has 1 rings (SSSR count). The van der Waals surface area contributed by atoms with E-state index in [-0.39, 0.29) is 0 Å². The molecule has 0 spiro atoms. The van der Waals surface area contributed by atoms with Gasteiger partial charge in [-0.15, -0.1) is 0 Å². The van der Waals surface area contributed by atoms with E-state index < -0.39 is 0 Å². The van der Waals surface area contributed by atoms with Gasteiger partial charge >= 0.3 is 0 Å². The molecule has 0 heterocycles. The van der Waals surface area contributed by atoms with E-state index in [2.05, 4.69) is 33.4 Å². The Hall–Kier alpha value is 0.310. The van der Waals surface area contributed by atoms with Crippen LogP contribution in [0.3, 0.4) is 0 Å². The van der Waals surface area contributed by atoms with Gasteiger partial charge in [0.1, 0.15) is 0 Å². The first-order valence-electron chi connectivity index (χ1n) is 7.16. The second-order valence-electron chi connectivity index (χ2n) is 6.94. The number of ether oxygens (including phenoxy) is 1. The van der Waals surface area contributed by atoms with Crippen molar-refractivity contribution in [2.75, 3.05) is 19.0 Å². The Morgan fingerprint density at radius 3 is 2.12 bits per heavy atom. The third kappa shape index (κ3) is 6.15. The maximum atomic E-state index is 5.95. The maximum absolute atomic E-state index is 5.95. The minimum absolute atomic E-state index is 0.373. The number of hydrogen-bond acceptors (Lipinski definition) is 2. The molecule has 1 aliphatic rings. The van der Waals surface area contributed by atoms with Crippen LogP contribution in [0.15, 0.2) is 0 Å². The van der Waals surface area contributed by atoms with Crippen molar-refractivity contribution in [3.8, 4) is 0 Å². The Morgan fingerprint density at radius 1 is 1.06 bits per heavy atom.